The van der Waals surface area contributed by atoms with E-state index in [-0.39, 0.29) is 12.0 Å². The first-order valence-corrected chi connectivity index (χ1v) is 10.4. The SMILES string of the molecule is COCCN1CCC(CN(CC2CCCO2)C(=O)C=Cc2cnn(C)c2)CC1. The summed E-state index contributed by atoms with van der Waals surface area (Å²) in [5, 5.41) is 4.15. The lowest BCUT2D eigenvalue weighted by Gasteiger charge is -2.35. The number of carbonyl (C=O) groups excluding carboxylic acids is 1. The second-order valence-electron chi connectivity index (χ2n) is 7.94. The van der Waals surface area contributed by atoms with Crippen molar-refractivity contribution in [2.45, 2.75) is 31.8 Å². The average molecular weight is 391 g/mol. The molecule has 1 aromatic heterocycles. The molecule has 1 aromatic rings. The van der Waals surface area contributed by atoms with E-state index in [9.17, 15) is 4.79 Å². The molecule has 3 heterocycles. The maximum absolute atomic E-state index is 12.9. The van der Waals surface area contributed by atoms with Crippen LogP contribution in [0.25, 0.3) is 6.08 Å². The van der Waals surface area contributed by atoms with E-state index < -0.39 is 0 Å². The van der Waals surface area contributed by atoms with Gasteiger partial charge in [-0.2, -0.15) is 5.10 Å². The number of nitrogens with zero attached hydrogens (tertiary/aromatic N) is 4. The molecule has 1 amide bonds. The monoisotopic (exact) mass is 390 g/mol. The highest BCUT2D eigenvalue weighted by Crippen LogP contribution is 2.21. The van der Waals surface area contributed by atoms with Crippen LogP contribution in [0, 0.1) is 5.92 Å². The second-order valence-corrected chi connectivity index (χ2v) is 7.94. The molecule has 7 heteroatoms. The Balaban J connectivity index is 1.55. The number of aromatic nitrogens is 2. The normalized spacial score (nSPS) is 21.6. The molecule has 0 aliphatic carbocycles. The minimum absolute atomic E-state index is 0.0705. The Hall–Kier alpha value is -1.70. The quantitative estimate of drug-likeness (QED) is 0.602. The standard InChI is InChI=1S/C21H34N4O3/c1-23-15-19(14-22-23)5-6-21(26)25(17-20-4-3-12-28-20)16-18-7-9-24(10-8-18)11-13-27-2/h5-6,14-15,18,20H,3-4,7-13,16-17H2,1-2H3. The highest BCUT2D eigenvalue weighted by atomic mass is 16.5. The van der Waals surface area contributed by atoms with E-state index in [1.165, 1.54) is 0 Å². The Morgan fingerprint density at radius 2 is 2.18 bits per heavy atom. The highest BCUT2D eigenvalue weighted by Gasteiger charge is 2.26. The third kappa shape index (κ3) is 6.43. The summed E-state index contributed by atoms with van der Waals surface area (Å²) in [6, 6.07) is 0. The molecule has 7 nitrogen and oxygen atoms in total. The number of hydrogen-bond donors (Lipinski definition) is 0. The molecule has 3 rings (SSSR count). The molecule has 0 aromatic carbocycles. The van der Waals surface area contributed by atoms with Gasteiger partial charge >= 0.3 is 0 Å². The Kier molecular flexibility index (Phi) is 8.06. The lowest BCUT2D eigenvalue weighted by molar-refractivity contribution is -0.128. The van der Waals surface area contributed by atoms with E-state index in [0.29, 0.717) is 12.5 Å². The molecule has 0 N–H and O–H groups in total. The summed E-state index contributed by atoms with van der Waals surface area (Å²) in [6.45, 7) is 6.27. The number of hydrogen-bond acceptors (Lipinski definition) is 5. The van der Waals surface area contributed by atoms with E-state index in [2.05, 4.69) is 10.00 Å². The van der Waals surface area contributed by atoms with E-state index in [1.807, 2.05) is 24.2 Å². The first-order chi connectivity index (χ1) is 13.6. The smallest absolute Gasteiger partial charge is 0.246 e. The van der Waals surface area contributed by atoms with Gasteiger partial charge in [-0.3, -0.25) is 9.48 Å². The molecular formula is C21H34N4O3. The van der Waals surface area contributed by atoms with Crippen molar-refractivity contribution >= 4 is 12.0 Å². The average Bonchev–Trinajstić information content (AvgIpc) is 3.36. The molecule has 2 fully saturated rings. The maximum atomic E-state index is 12.9. The lowest BCUT2D eigenvalue weighted by Crippen LogP contribution is -2.43. The zero-order chi connectivity index (χ0) is 19.8. The van der Waals surface area contributed by atoms with Crippen molar-refractivity contribution in [3.8, 4) is 0 Å². The fourth-order valence-electron chi connectivity index (χ4n) is 4.01. The van der Waals surface area contributed by atoms with Crippen LogP contribution < -0.4 is 0 Å². The van der Waals surface area contributed by atoms with Crippen molar-refractivity contribution in [1.82, 2.24) is 19.6 Å². The van der Waals surface area contributed by atoms with Gasteiger partial charge < -0.3 is 19.3 Å². The third-order valence-electron chi connectivity index (χ3n) is 5.70. The fourth-order valence-corrected chi connectivity index (χ4v) is 4.01. The van der Waals surface area contributed by atoms with Crippen molar-refractivity contribution in [3.63, 3.8) is 0 Å². The van der Waals surface area contributed by atoms with Crippen molar-refractivity contribution in [1.29, 1.82) is 0 Å². The van der Waals surface area contributed by atoms with E-state index in [1.54, 1.807) is 24.1 Å². The van der Waals surface area contributed by atoms with Gasteiger partial charge in [0, 0.05) is 58.2 Å². The van der Waals surface area contributed by atoms with Gasteiger partial charge in [0.1, 0.15) is 0 Å². The van der Waals surface area contributed by atoms with E-state index in [0.717, 1.165) is 70.6 Å². The minimum Gasteiger partial charge on any atom is -0.383 e. The molecule has 2 saturated heterocycles. The number of aryl methyl sites for hydroxylation is 1. The molecule has 0 saturated carbocycles. The van der Waals surface area contributed by atoms with Crippen LogP contribution in [0.5, 0.6) is 0 Å². The Bertz CT molecular complexity index is 631. The van der Waals surface area contributed by atoms with Gasteiger partial charge in [0.05, 0.1) is 18.9 Å². The van der Waals surface area contributed by atoms with Crippen LogP contribution in [0.3, 0.4) is 0 Å². The van der Waals surface area contributed by atoms with Crippen LogP contribution >= 0.6 is 0 Å². The number of rotatable bonds is 9. The topological polar surface area (TPSA) is 59.8 Å². The third-order valence-corrected chi connectivity index (χ3v) is 5.70. The van der Waals surface area contributed by atoms with Crippen LogP contribution in [-0.2, 0) is 21.3 Å². The molecule has 0 radical (unpaired) electrons. The minimum atomic E-state index is 0.0705. The van der Waals surface area contributed by atoms with Gasteiger partial charge in [-0.05, 0) is 50.8 Å². The summed E-state index contributed by atoms with van der Waals surface area (Å²) in [6.07, 6.45) is 11.8. The first-order valence-electron chi connectivity index (χ1n) is 10.4. The van der Waals surface area contributed by atoms with Gasteiger partial charge in [-0.25, -0.2) is 0 Å². The van der Waals surface area contributed by atoms with Gasteiger partial charge in [0.15, 0.2) is 0 Å². The number of likely N-dealkylation sites (tertiary alicyclic amines) is 1. The van der Waals surface area contributed by atoms with Crippen LogP contribution in [-0.4, -0.2) is 84.6 Å². The second kappa shape index (κ2) is 10.7. The van der Waals surface area contributed by atoms with Crippen molar-refractivity contribution in [3.05, 3.63) is 24.0 Å². The predicted octanol–water partition coefficient (Wildman–Crippen LogP) is 1.80. The van der Waals surface area contributed by atoms with Crippen LogP contribution in [0.2, 0.25) is 0 Å². The Labute approximate surface area is 168 Å². The summed E-state index contributed by atoms with van der Waals surface area (Å²) in [5.74, 6) is 0.622. The Morgan fingerprint density at radius 1 is 1.36 bits per heavy atom. The number of ether oxygens (including phenoxy) is 2. The maximum Gasteiger partial charge on any atom is 0.246 e. The zero-order valence-corrected chi connectivity index (χ0v) is 17.3. The lowest BCUT2D eigenvalue weighted by atomic mass is 9.96. The molecule has 28 heavy (non-hydrogen) atoms. The van der Waals surface area contributed by atoms with Gasteiger partial charge in [-0.15, -0.1) is 0 Å². The van der Waals surface area contributed by atoms with Crippen LogP contribution in [0.15, 0.2) is 18.5 Å². The molecule has 2 aliphatic rings. The number of piperidine rings is 1. The van der Waals surface area contributed by atoms with E-state index in [4.69, 9.17) is 9.47 Å². The predicted molar refractivity (Wildman–Crippen MR) is 109 cm³/mol. The van der Waals surface area contributed by atoms with Crippen LogP contribution in [0.1, 0.15) is 31.2 Å². The van der Waals surface area contributed by atoms with Crippen LogP contribution in [0.4, 0.5) is 0 Å². The van der Waals surface area contributed by atoms with Crippen molar-refractivity contribution in [2.75, 3.05) is 53.0 Å². The summed E-state index contributed by atoms with van der Waals surface area (Å²) in [5.41, 5.74) is 0.944. The number of amides is 1. The van der Waals surface area contributed by atoms with Crippen molar-refractivity contribution in [2.24, 2.45) is 13.0 Å². The molecule has 156 valence electrons. The summed E-state index contributed by atoms with van der Waals surface area (Å²) in [7, 11) is 3.63. The number of carbonyl (C=O) groups is 1. The fraction of sp³-hybridized carbons (Fsp3) is 0.714. The largest absolute Gasteiger partial charge is 0.383 e. The molecular weight excluding hydrogens is 356 g/mol. The van der Waals surface area contributed by atoms with Gasteiger partial charge in [-0.1, -0.05) is 0 Å². The van der Waals surface area contributed by atoms with E-state index >= 15 is 0 Å². The summed E-state index contributed by atoms with van der Waals surface area (Å²) >= 11 is 0. The number of methoxy groups -OCH3 is 1. The molecule has 2 aliphatic heterocycles. The van der Waals surface area contributed by atoms with Crippen molar-refractivity contribution < 1.29 is 14.3 Å². The Morgan fingerprint density at radius 3 is 2.82 bits per heavy atom. The summed E-state index contributed by atoms with van der Waals surface area (Å²) < 4.78 is 12.7. The zero-order valence-electron chi connectivity index (χ0n) is 17.3. The van der Waals surface area contributed by atoms with Gasteiger partial charge in [0.2, 0.25) is 5.91 Å². The van der Waals surface area contributed by atoms with Gasteiger partial charge in [0.25, 0.3) is 0 Å². The highest BCUT2D eigenvalue weighted by molar-refractivity contribution is 5.91. The first kappa shape index (κ1) is 21.0. The molecule has 0 spiro atoms. The molecule has 0 bridgehead atoms. The molecule has 1 unspecified atom stereocenters. The summed E-state index contributed by atoms with van der Waals surface area (Å²) in [4.78, 5) is 17.4. The molecule has 1 atom stereocenters.